The number of hydrogen-bond donors (Lipinski definition) is 1. The SMILES string of the molecule is CCNc1ccc([N+](=O)[O-])cc1CSc1cccc(F)c1. The van der Waals surface area contributed by atoms with E-state index in [9.17, 15) is 14.5 Å². The summed E-state index contributed by atoms with van der Waals surface area (Å²) in [5, 5.41) is 14.0. The minimum absolute atomic E-state index is 0.0616. The lowest BCUT2D eigenvalue weighted by atomic mass is 10.2. The van der Waals surface area contributed by atoms with Gasteiger partial charge in [0, 0.05) is 35.0 Å². The van der Waals surface area contributed by atoms with E-state index in [-0.39, 0.29) is 11.5 Å². The van der Waals surface area contributed by atoms with Gasteiger partial charge in [-0.3, -0.25) is 10.1 Å². The van der Waals surface area contributed by atoms with Crippen molar-refractivity contribution in [3.8, 4) is 0 Å². The van der Waals surface area contributed by atoms with Crippen LogP contribution in [0.25, 0.3) is 0 Å². The molecule has 0 atom stereocenters. The van der Waals surface area contributed by atoms with Crippen LogP contribution < -0.4 is 5.32 Å². The standard InChI is InChI=1S/C15H15FN2O2S/c1-2-17-15-7-6-13(18(19)20)8-11(15)10-21-14-5-3-4-12(16)9-14/h3-9,17H,2,10H2,1H3. The van der Waals surface area contributed by atoms with Crippen LogP contribution in [-0.2, 0) is 5.75 Å². The lowest BCUT2D eigenvalue weighted by Crippen LogP contribution is -2.01. The molecule has 1 N–H and O–H groups in total. The zero-order chi connectivity index (χ0) is 15.2. The molecular formula is C15H15FN2O2S. The largest absolute Gasteiger partial charge is 0.385 e. The first kappa shape index (κ1) is 15.3. The van der Waals surface area contributed by atoms with Crippen molar-refractivity contribution in [2.75, 3.05) is 11.9 Å². The van der Waals surface area contributed by atoms with Crippen molar-refractivity contribution in [3.63, 3.8) is 0 Å². The summed E-state index contributed by atoms with van der Waals surface area (Å²) in [6.07, 6.45) is 0. The molecule has 0 saturated carbocycles. The van der Waals surface area contributed by atoms with Gasteiger partial charge in [-0.25, -0.2) is 4.39 Å². The molecule has 0 aliphatic carbocycles. The highest BCUT2D eigenvalue weighted by atomic mass is 32.2. The van der Waals surface area contributed by atoms with Crippen LogP contribution in [0.1, 0.15) is 12.5 Å². The van der Waals surface area contributed by atoms with Gasteiger partial charge in [-0.1, -0.05) is 6.07 Å². The van der Waals surface area contributed by atoms with Gasteiger partial charge in [0.05, 0.1) is 4.92 Å². The summed E-state index contributed by atoms with van der Waals surface area (Å²) in [5.41, 5.74) is 1.76. The molecule has 2 rings (SSSR count). The van der Waals surface area contributed by atoms with Gasteiger partial charge in [-0.2, -0.15) is 0 Å². The third kappa shape index (κ3) is 4.19. The van der Waals surface area contributed by atoms with Crippen molar-refractivity contribution in [2.45, 2.75) is 17.6 Å². The summed E-state index contributed by atoms with van der Waals surface area (Å²) in [5.74, 6) is 0.249. The highest BCUT2D eigenvalue weighted by Crippen LogP contribution is 2.29. The van der Waals surface area contributed by atoms with Crippen molar-refractivity contribution in [1.82, 2.24) is 0 Å². The van der Waals surface area contributed by atoms with Gasteiger partial charge in [0.25, 0.3) is 5.69 Å². The van der Waals surface area contributed by atoms with Crippen molar-refractivity contribution in [2.24, 2.45) is 0 Å². The van der Waals surface area contributed by atoms with E-state index in [1.54, 1.807) is 18.2 Å². The van der Waals surface area contributed by atoms with E-state index in [0.717, 1.165) is 22.7 Å². The van der Waals surface area contributed by atoms with Gasteiger partial charge >= 0.3 is 0 Å². The molecule has 0 saturated heterocycles. The number of hydrogen-bond acceptors (Lipinski definition) is 4. The van der Waals surface area contributed by atoms with E-state index in [4.69, 9.17) is 0 Å². The average Bonchev–Trinajstić information content (AvgIpc) is 2.46. The summed E-state index contributed by atoms with van der Waals surface area (Å²) in [7, 11) is 0. The maximum Gasteiger partial charge on any atom is 0.269 e. The number of anilines is 1. The normalized spacial score (nSPS) is 10.4. The van der Waals surface area contributed by atoms with Crippen molar-refractivity contribution >= 4 is 23.1 Å². The fourth-order valence-corrected chi connectivity index (χ4v) is 2.83. The van der Waals surface area contributed by atoms with Crippen LogP contribution in [0.5, 0.6) is 0 Å². The highest BCUT2D eigenvalue weighted by Gasteiger charge is 2.11. The molecule has 2 aromatic carbocycles. The Bertz CT molecular complexity index is 649. The van der Waals surface area contributed by atoms with Crippen LogP contribution in [0.3, 0.4) is 0 Å². The zero-order valence-electron chi connectivity index (χ0n) is 11.5. The number of nitrogens with one attached hydrogen (secondary N) is 1. The van der Waals surface area contributed by atoms with Gasteiger partial charge in [0.15, 0.2) is 0 Å². The molecule has 0 aliphatic rings. The average molecular weight is 306 g/mol. The summed E-state index contributed by atoms with van der Waals surface area (Å²) in [6.45, 7) is 2.69. The molecule has 0 radical (unpaired) electrons. The number of rotatable bonds is 6. The minimum atomic E-state index is -0.411. The second kappa shape index (κ2) is 7.08. The number of halogens is 1. The van der Waals surface area contributed by atoms with Gasteiger partial charge < -0.3 is 5.32 Å². The first-order valence-corrected chi connectivity index (χ1v) is 7.48. The Morgan fingerprint density at radius 2 is 2.10 bits per heavy atom. The van der Waals surface area contributed by atoms with E-state index in [0.29, 0.717) is 5.75 Å². The first-order chi connectivity index (χ1) is 10.1. The summed E-state index contributed by atoms with van der Waals surface area (Å²) < 4.78 is 13.1. The van der Waals surface area contributed by atoms with Crippen molar-refractivity contribution in [1.29, 1.82) is 0 Å². The van der Waals surface area contributed by atoms with Crippen LogP contribution in [-0.4, -0.2) is 11.5 Å². The predicted octanol–water partition coefficient (Wildman–Crippen LogP) is 4.46. The quantitative estimate of drug-likeness (QED) is 0.486. The van der Waals surface area contributed by atoms with E-state index in [1.165, 1.54) is 30.0 Å². The molecule has 0 bridgehead atoms. The van der Waals surface area contributed by atoms with Gasteiger partial charge in [0.1, 0.15) is 5.82 Å². The number of nitro groups is 1. The third-order valence-corrected chi connectivity index (χ3v) is 3.90. The van der Waals surface area contributed by atoms with Crippen LogP contribution in [0.2, 0.25) is 0 Å². The molecule has 2 aromatic rings. The summed E-state index contributed by atoms with van der Waals surface area (Å²) in [4.78, 5) is 11.3. The summed E-state index contributed by atoms with van der Waals surface area (Å²) >= 11 is 1.45. The molecule has 0 spiro atoms. The fourth-order valence-electron chi connectivity index (χ4n) is 1.89. The van der Waals surface area contributed by atoms with Crippen LogP contribution in [0.15, 0.2) is 47.4 Å². The Morgan fingerprint density at radius 1 is 1.29 bits per heavy atom. The van der Waals surface area contributed by atoms with E-state index < -0.39 is 4.92 Å². The molecule has 0 fully saturated rings. The Labute approximate surface area is 126 Å². The van der Waals surface area contributed by atoms with Crippen LogP contribution in [0, 0.1) is 15.9 Å². The lowest BCUT2D eigenvalue weighted by Gasteiger charge is -2.10. The molecule has 4 nitrogen and oxygen atoms in total. The minimum Gasteiger partial charge on any atom is -0.385 e. The summed E-state index contributed by atoms with van der Waals surface area (Å²) in [6, 6.07) is 11.1. The molecule has 0 heterocycles. The van der Waals surface area contributed by atoms with Crippen molar-refractivity contribution in [3.05, 3.63) is 64.0 Å². The Hall–Kier alpha value is -2.08. The van der Waals surface area contributed by atoms with E-state index in [2.05, 4.69) is 5.32 Å². The highest BCUT2D eigenvalue weighted by molar-refractivity contribution is 7.98. The molecular weight excluding hydrogens is 291 g/mol. The maximum atomic E-state index is 13.1. The Morgan fingerprint density at radius 3 is 2.76 bits per heavy atom. The lowest BCUT2D eigenvalue weighted by molar-refractivity contribution is -0.384. The maximum absolute atomic E-state index is 13.1. The second-order valence-corrected chi connectivity index (χ2v) is 5.42. The van der Waals surface area contributed by atoms with Crippen LogP contribution >= 0.6 is 11.8 Å². The number of thioether (sulfide) groups is 1. The zero-order valence-corrected chi connectivity index (χ0v) is 12.3. The topological polar surface area (TPSA) is 55.2 Å². The third-order valence-electron chi connectivity index (χ3n) is 2.86. The Balaban J connectivity index is 2.20. The molecule has 6 heteroatoms. The molecule has 0 aliphatic heterocycles. The smallest absolute Gasteiger partial charge is 0.269 e. The predicted molar refractivity (Wildman–Crippen MR) is 83.2 cm³/mol. The van der Waals surface area contributed by atoms with Gasteiger partial charge in [-0.05, 0) is 36.8 Å². The van der Waals surface area contributed by atoms with Crippen molar-refractivity contribution < 1.29 is 9.31 Å². The van der Waals surface area contributed by atoms with E-state index in [1.807, 2.05) is 13.0 Å². The van der Waals surface area contributed by atoms with Gasteiger partial charge in [-0.15, -0.1) is 11.8 Å². The number of benzene rings is 2. The van der Waals surface area contributed by atoms with Gasteiger partial charge in [0.2, 0.25) is 0 Å². The molecule has 0 aromatic heterocycles. The van der Waals surface area contributed by atoms with E-state index >= 15 is 0 Å². The molecule has 21 heavy (non-hydrogen) atoms. The molecule has 0 unspecified atom stereocenters. The monoisotopic (exact) mass is 306 g/mol. The fraction of sp³-hybridized carbons (Fsp3) is 0.200. The molecule has 110 valence electrons. The number of nitro benzene ring substituents is 1. The Kier molecular flexibility index (Phi) is 5.16. The number of non-ortho nitro benzene ring substituents is 1. The first-order valence-electron chi connectivity index (χ1n) is 6.49. The second-order valence-electron chi connectivity index (χ2n) is 4.37. The van der Waals surface area contributed by atoms with Crippen LogP contribution in [0.4, 0.5) is 15.8 Å². The number of nitrogens with zero attached hydrogens (tertiary/aromatic N) is 1. The molecule has 0 amide bonds.